The molecule has 0 aromatic heterocycles. The van der Waals surface area contributed by atoms with E-state index in [9.17, 15) is 0 Å². The Balaban J connectivity index is 2.20. The van der Waals surface area contributed by atoms with E-state index in [-0.39, 0.29) is 0 Å². The summed E-state index contributed by atoms with van der Waals surface area (Å²) in [5.41, 5.74) is 1.18. The SMILES string of the molecule is C#CCN(C)CCCCCc1ccc(Cl)cc1Cl. The number of unbranched alkanes of at least 4 members (excludes halogenated alkanes) is 2. The van der Waals surface area contributed by atoms with Gasteiger partial charge in [-0.15, -0.1) is 6.42 Å². The zero-order valence-corrected chi connectivity index (χ0v) is 12.3. The van der Waals surface area contributed by atoms with Crippen molar-refractivity contribution in [2.45, 2.75) is 25.7 Å². The number of hydrogen-bond donors (Lipinski definition) is 0. The Morgan fingerprint density at radius 2 is 2.00 bits per heavy atom. The molecular weight excluding hydrogens is 265 g/mol. The molecule has 0 aliphatic carbocycles. The van der Waals surface area contributed by atoms with E-state index in [2.05, 4.69) is 17.9 Å². The monoisotopic (exact) mass is 283 g/mol. The second kappa shape index (κ2) is 8.43. The maximum Gasteiger partial charge on any atom is 0.0596 e. The number of nitrogens with zero attached hydrogens (tertiary/aromatic N) is 1. The highest BCUT2D eigenvalue weighted by Crippen LogP contribution is 2.22. The van der Waals surface area contributed by atoms with Gasteiger partial charge in [0.05, 0.1) is 6.54 Å². The van der Waals surface area contributed by atoms with Crippen molar-refractivity contribution in [1.82, 2.24) is 4.90 Å². The van der Waals surface area contributed by atoms with E-state index in [4.69, 9.17) is 29.6 Å². The normalized spacial score (nSPS) is 10.6. The Kier molecular flexibility index (Phi) is 7.20. The molecule has 0 spiro atoms. The van der Waals surface area contributed by atoms with Crippen LogP contribution < -0.4 is 0 Å². The van der Waals surface area contributed by atoms with Crippen LogP contribution in [0.15, 0.2) is 18.2 Å². The van der Waals surface area contributed by atoms with Gasteiger partial charge in [-0.05, 0) is 50.6 Å². The Morgan fingerprint density at radius 3 is 2.67 bits per heavy atom. The molecule has 98 valence electrons. The maximum atomic E-state index is 6.12. The van der Waals surface area contributed by atoms with Crippen LogP contribution in [0, 0.1) is 12.3 Å². The fraction of sp³-hybridized carbons (Fsp3) is 0.467. The van der Waals surface area contributed by atoms with Gasteiger partial charge in [0, 0.05) is 10.0 Å². The summed E-state index contributed by atoms with van der Waals surface area (Å²) < 4.78 is 0. The van der Waals surface area contributed by atoms with Crippen molar-refractivity contribution in [2.24, 2.45) is 0 Å². The molecule has 0 bridgehead atoms. The van der Waals surface area contributed by atoms with E-state index in [0.717, 1.165) is 31.0 Å². The molecule has 0 saturated carbocycles. The standard InChI is InChI=1S/C15H19Cl2N/c1-3-10-18(2)11-6-4-5-7-13-8-9-14(16)12-15(13)17/h1,8-9,12H,4-7,10-11H2,2H3. The van der Waals surface area contributed by atoms with Gasteiger partial charge in [-0.25, -0.2) is 0 Å². The van der Waals surface area contributed by atoms with Gasteiger partial charge in [0.25, 0.3) is 0 Å². The summed E-state index contributed by atoms with van der Waals surface area (Å²) >= 11 is 12.0. The van der Waals surface area contributed by atoms with Crippen molar-refractivity contribution in [3.8, 4) is 12.3 Å². The molecule has 1 aromatic carbocycles. The molecule has 0 atom stereocenters. The van der Waals surface area contributed by atoms with Gasteiger partial charge < -0.3 is 0 Å². The second-order valence-electron chi connectivity index (χ2n) is 4.49. The summed E-state index contributed by atoms with van der Waals surface area (Å²) in [4.78, 5) is 2.16. The largest absolute Gasteiger partial charge is 0.295 e. The third-order valence-corrected chi connectivity index (χ3v) is 3.45. The first kappa shape index (κ1) is 15.4. The molecule has 1 nitrogen and oxygen atoms in total. The topological polar surface area (TPSA) is 3.24 Å². The van der Waals surface area contributed by atoms with Gasteiger partial charge in [-0.2, -0.15) is 0 Å². The van der Waals surface area contributed by atoms with Crippen LogP contribution in [0.5, 0.6) is 0 Å². The Morgan fingerprint density at radius 1 is 1.22 bits per heavy atom. The lowest BCUT2D eigenvalue weighted by Crippen LogP contribution is -2.19. The number of halogens is 2. The van der Waals surface area contributed by atoms with Gasteiger partial charge in [0.1, 0.15) is 0 Å². The van der Waals surface area contributed by atoms with Crippen molar-refractivity contribution in [3.63, 3.8) is 0 Å². The molecule has 0 heterocycles. The van der Waals surface area contributed by atoms with Crippen LogP contribution in [0.2, 0.25) is 10.0 Å². The zero-order chi connectivity index (χ0) is 13.4. The molecule has 0 amide bonds. The van der Waals surface area contributed by atoms with Gasteiger partial charge in [0.15, 0.2) is 0 Å². The average Bonchev–Trinajstić information content (AvgIpc) is 2.31. The Labute approximate surface area is 120 Å². The van der Waals surface area contributed by atoms with E-state index >= 15 is 0 Å². The van der Waals surface area contributed by atoms with E-state index in [1.807, 2.05) is 12.1 Å². The highest BCUT2D eigenvalue weighted by atomic mass is 35.5. The smallest absolute Gasteiger partial charge is 0.0596 e. The fourth-order valence-corrected chi connectivity index (χ4v) is 2.34. The highest BCUT2D eigenvalue weighted by Gasteiger charge is 2.01. The zero-order valence-electron chi connectivity index (χ0n) is 10.8. The van der Waals surface area contributed by atoms with E-state index in [1.54, 1.807) is 6.07 Å². The van der Waals surface area contributed by atoms with Crippen molar-refractivity contribution in [1.29, 1.82) is 0 Å². The molecule has 0 unspecified atom stereocenters. The predicted molar refractivity (Wildman–Crippen MR) is 80.3 cm³/mol. The minimum absolute atomic E-state index is 0.694. The van der Waals surface area contributed by atoms with Crippen LogP contribution in [0.3, 0.4) is 0 Å². The minimum atomic E-state index is 0.694. The van der Waals surface area contributed by atoms with Gasteiger partial charge in [0.2, 0.25) is 0 Å². The molecule has 3 heteroatoms. The molecule has 0 radical (unpaired) electrons. The van der Waals surface area contributed by atoms with Crippen LogP contribution in [-0.4, -0.2) is 25.0 Å². The van der Waals surface area contributed by atoms with Crippen LogP contribution in [0.1, 0.15) is 24.8 Å². The molecule has 0 aliphatic heterocycles. The molecule has 0 aliphatic rings. The van der Waals surface area contributed by atoms with Crippen molar-refractivity contribution in [2.75, 3.05) is 20.1 Å². The first-order valence-electron chi connectivity index (χ1n) is 6.19. The molecule has 18 heavy (non-hydrogen) atoms. The van der Waals surface area contributed by atoms with Crippen molar-refractivity contribution >= 4 is 23.2 Å². The summed E-state index contributed by atoms with van der Waals surface area (Å²) in [6.45, 7) is 1.78. The van der Waals surface area contributed by atoms with Crippen molar-refractivity contribution < 1.29 is 0 Å². The fourth-order valence-electron chi connectivity index (χ4n) is 1.83. The Bertz CT molecular complexity index is 409. The summed E-state index contributed by atoms with van der Waals surface area (Å²) in [7, 11) is 2.05. The third-order valence-electron chi connectivity index (χ3n) is 2.86. The lowest BCUT2D eigenvalue weighted by molar-refractivity contribution is 0.362. The van der Waals surface area contributed by atoms with E-state index in [0.29, 0.717) is 5.02 Å². The number of hydrogen-bond acceptors (Lipinski definition) is 1. The molecular formula is C15H19Cl2N. The van der Waals surface area contributed by atoms with Crippen LogP contribution in [-0.2, 0) is 6.42 Å². The molecule has 0 N–H and O–H groups in total. The molecule has 0 fully saturated rings. The number of terminal acetylenes is 1. The molecule has 1 rings (SSSR count). The van der Waals surface area contributed by atoms with Crippen LogP contribution >= 0.6 is 23.2 Å². The van der Waals surface area contributed by atoms with E-state index < -0.39 is 0 Å². The first-order chi connectivity index (χ1) is 8.63. The second-order valence-corrected chi connectivity index (χ2v) is 5.33. The van der Waals surface area contributed by atoms with Crippen molar-refractivity contribution in [3.05, 3.63) is 33.8 Å². The molecule has 0 saturated heterocycles. The number of rotatable bonds is 7. The molecule has 1 aromatic rings. The number of aryl methyl sites for hydroxylation is 1. The average molecular weight is 284 g/mol. The quantitative estimate of drug-likeness (QED) is 0.534. The maximum absolute atomic E-state index is 6.12. The summed E-state index contributed by atoms with van der Waals surface area (Å²) in [6.07, 6.45) is 9.76. The lowest BCUT2D eigenvalue weighted by atomic mass is 10.1. The van der Waals surface area contributed by atoms with Crippen LogP contribution in [0.4, 0.5) is 0 Å². The predicted octanol–water partition coefficient (Wildman–Crippen LogP) is 4.27. The van der Waals surface area contributed by atoms with Crippen LogP contribution in [0.25, 0.3) is 0 Å². The van der Waals surface area contributed by atoms with E-state index in [1.165, 1.54) is 18.4 Å². The number of benzene rings is 1. The summed E-state index contributed by atoms with van der Waals surface area (Å²) in [5, 5.41) is 1.46. The highest BCUT2D eigenvalue weighted by molar-refractivity contribution is 6.35. The van der Waals surface area contributed by atoms with Gasteiger partial charge in [-0.3, -0.25) is 4.90 Å². The van der Waals surface area contributed by atoms with Gasteiger partial charge in [-0.1, -0.05) is 41.6 Å². The first-order valence-corrected chi connectivity index (χ1v) is 6.95. The van der Waals surface area contributed by atoms with Gasteiger partial charge >= 0.3 is 0 Å². The summed E-state index contributed by atoms with van der Waals surface area (Å²) in [6, 6.07) is 5.71. The Hall–Kier alpha value is -0.680. The lowest BCUT2D eigenvalue weighted by Gasteiger charge is -2.12. The minimum Gasteiger partial charge on any atom is -0.295 e. The third kappa shape index (κ3) is 5.78. The summed E-state index contributed by atoms with van der Waals surface area (Å²) in [5.74, 6) is 2.64.